The molecule has 1 saturated carbocycles. The minimum Gasteiger partial charge on any atom is -0.378 e. The first-order valence-corrected chi connectivity index (χ1v) is 7.73. The molecular formula is C18H23N2O+. The van der Waals surface area contributed by atoms with Crippen molar-refractivity contribution < 1.29 is 9.68 Å². The highest BCUT2D eigenvalue weighted by atomic mass is 16.3. The monoisotopic (exact) mass is 283 g/mol. The quantitative estimate of drug-likeness (QED) is 0.612. The third kappa shape index (κ3) is 1.09. The first-order valence-electron chi connectivity index (χ1n) is 7.73. The molecule has 2 N–H and O–H groups in total. The summed E-state index contributed by atoms with van der Waals surface area (Å²) in [7, 11) is 0. The molecule has 0 spiro atoms. The fraction of sp³-hybridized carbons (Fsp3) is 0.500. The maximum atomic E-state index is 11.5. The molecule has 21 heavy (non-hydrogen) atoms. The fourth-order valence-electron chi connectivity index (χ4n) is 5.51. The first kappa shape index (κ1) is 13.1. The van der Waals surface area contributed by atoms with Gasteiger partial charge in [0.05, 0.1) is 0 Å². The number of rotatable bonds is 1. The summed E-state index contributed by atoms with van der Waals surface area (Å²) in [5.41, 5.74) is 1.12. The Hall–Kier alpha value is -1.61. The number of hydrogen-bond donors (Lipinski definition) is 2. The standard InChI is InChI=1S/C18H23N2O/c1-5-18(21)12(2)17-10-11-20(4)16(18,3)15(17)19-14-9-7-6-8-13(14)17/h5-9,12,15,19,21H,1,4,10-11H2,2-3H3/q+1/t12-,15-,16-,17?,18-/m0/s1. The molecule has 3 heteroatoms. The van der Waals surface area contributed by atoms with E-state index < -0.39 is 11.1 Å². The van der Waals surface area contributed by atoms with E-state index in [4.69, 9.17) is 0 Å². The van der Waals surface area contributed by atoms with Gasteiger partial charge in [-0.05, 0) is 11.6 Å². The number of piperidine rings is 1. The smallest absolute Gasteiger partial charge is 0.211 e. The Morgan fingerprint density at radius 2 is 2.14 bits per heavy atom. The minimum absolute atomic E-state index is 0.0392. The van der Waals surface area contributed by atoms with Gasteiger partial charge in [0.15, 0.2) is 5.60 Å². The normalized spacial score (nSPS) is 46.7. The van der Waals surface area contributed by atoms with Gasteiger partial charge in [0.1, 0.15) is 19.3 Å². The molecule has 2 bridgehead atoms. The van der Waals surface area contributed by atoms with Gasteiger partial charge in [0.2, 0.25) is 5.54 Å². The minimum atomic E-state index is -0.948. The van der Waals surface area contributed by atoms with Crippen molar-refractivity contribution >= 4 is 12.4 Å². The molecule has 0 amide bonds. The summed E-state index contributed by atoms with van der Waals surface area (Å²) in [5.74, 6) is 0.0976. The summed E-state index contributed by atoms with van der Waals surface area (Å²) in [4.78, 5) is 0. The number of nitrogens with zero attached hydrogens (tertiary/aromatic N) is 1. The largest absolute Gasteiger partial charge is 0.378 e. The lowest BCUT2D eigenvalue weighted by Crippen LogP contribution is -2.64. The maximum Gasteiger partial charge on any atom is 0.211 e. The fourth-order valence-corrected chi connectivity index (χ4v) is 5.51. The van der Waals surface area contributed by atoms with E-state index in [1.54, 1.807) is 6.08 Å². The highest BCUT2D eigenvalue weighted by molar-refractivity contribution is 5.66. The van der Waals surface area contributed by atoms with Crippen molar-refractivity contribution in [2.45, 2.75) is 42.9 Å². The zero-order valence-corrected chi connectivity index (χ0v) is 12.8. The van der Waals surface area contributed by atoms with E-state index in [2.05, 4.69) is 61.3 Å². The molecule has 1 aliphatic carbocycles. The van der Waals surface area contributed by atoms with Crippen LogP contribution in [0.5, 0.6) is 0 Å². The molecule has 2 aliphatic heterocycles. The number of nitrogens with one attached hydrogen (secondary N) is 1. The van der Waals surface area contributed by atoms with Crippen LogP contribution in [0, 0.1) is 5.92 Å². The maximum absolute atomic E-state index is 11.5. The van der Waals surface area contributed by atoms with Gasteiger partial charge in [-0.15, -0.1) is 0 Å². The molecule has 3 aliphatic rings. The van der Waals surface area contributed by atoms with Crippen molar-refractivity contribution in [3.63, 3.8) is 0 Å². The van der Waals surface area contributed by atoms with Crippen LogP contribution in [0.25, 0.3) is 0 Å². The Morgan fingerprint density at radius 1 is 1.43 bits per heavy atom. The van der Waals surface area contributed by atoms with E-state index >= 15 is 0 Å². The van der Waals surface area contributed by atoms with Crippen molar-refractivity contribution in [3.8, 4) is 0 Å². The molecule has 110 valence electrons. The SMILES string of the molecule is C=C[C@]1(O)[C@@H](C)C23CC[N+](=C)[C@@]1(C)[C@@H]2Nc1ccccc13. The number of fused-ring (bicyclic) bond motifs is 1. The van der Waals surface area contributed by atoms with Crippen LogP contribution in [0.2, 0.25) is 0 Å². The predicted molar refractivity (Wildman–Crippen MR) is 85.1 cm³/mol. The molecule has 2 fully saturated rings. The van der Waals surface area contributed by atoms with Gasteiger partial charge >= 0.3 is 0 Å². The molecule has 2 heterocycles. The van der Waals surface area contributed by atoms with Crippen molar-refractivity contribution in [1.82, 2.24) is 0 Å². The number of para-hydroxylation sites is 1. The van der Waals surface area contributed by atoms with Gasteiger partial charge in [0.25, 0.3) is 0 Å². The number of aliphatic hydroxyl groups is 1. The lowest BCUT2D eigenvalue weighted by molar-refractivity contribution is -0.621. The number of hydrogen-bond acceptors (Lipinski definition) is 2. The van der Waals surface area contributed by atoms with Crippen LogP contribution in [0.1, 0.15) is 25.8 Å². The Balaban J connectivity index is 2.05. The number of benzene rings is 1. The molecule has 0 aromatic heterocycles. The highest BCUT2D eigenvalue weighted by Crippen LogP contribution is 2.65. The van der Waals surface area contributed by atoms with E-state index in [0.29, 0.717) is 0 Å². The molecule has 0 radical (unpaired) electrons. The van der Waals surface area contributed by atoms with E-state index in [-0.39, 0.29) is 17.4 Å². The summed E-state index contributed by atoms with van der Waals surface area (Å²) < 4.78 is 2.07. The van der Waals surface area contributed by atoms with Crippen LogP contribution in [0.4, 0.5) is 5.69 Å². The van der Waals surface area contributed by atoms with Gasteiger partial charge in [0, 0.05) is 30.4 Å². The molecule has 4 rings (SSSR count). The van der Waals surface area contributed by atoms with E-state index in [1.807, 2.05) is 0 Å². The summed E-state index contributed by atoms with van der Waals surface area (Å²) in [6.07, 6.45) is 2.75. The van der Waals surface area contributed by atoms with Crippen LogP contribution in [0.3, 0.4) is 0 Å². The van der Waals surface area contributed by atoms with Crippen LogP contribution in [-0.4, -0.2) is 40.1 Å². The van der Waals surface area contributed by atoms with E-state index in [1.165, 1.54) is 11.3 Å². The van der Waals surface area contributed by atoms with Crippen molar-refractivity contribution in [3.05, 3.63) is 42.5 Å². The van der Waals surface area contributed by atoms with Crippen LogP contribution in [0.15, 0.2) is 36.9 Å². The highest BCUT2D eigenvalue weighted by Gasteiger charge is 2.80. The van der Waals surface area contributed by atoms with Crippen LogP contribution < -0.4 is 5.32 Å². The van der Waals surface area contributed by atoms with Crippen molar-refractivity contribution in [2.24, 2.45) is 5.92 Å². The third-order valence-electron chi connectivity index (χ3n) is 6.81. The van der Waals surface area contributed by atoms with Crippen molar-refractivity contribution in [1.29, 1.82) is 0 Å². The van der Waals surface area contributed by atoms with Gasteiger partial charge in [-0.3, -0.25) is 0 Å². The average molecular weight is 283 g/mol. The lowest BCUT2D eigenvalue weighted by Gasteiger charge is -2.41. The first-order chi connectivity index (χ1) is 9.93. The topological polar surface area (TPSA) is 35.3 Å². The third-order valence-corrected chi connectivity index (χ3v) is 6.81. The van der Waals surface area contributed by atoms with Crippen molar-refractivity contribution in [2.75, 3.05) is 11.9 Å². The second-order valence-corrected chi connectivity index (χ2v) is 7.08. The molecular weight excluding hydrogens is 260 g/mol. The second kappa shape index (κ2) is 3.58. The predicted octanol–water partition coefficient (Wildman–Crippen LogP) is 2.16. The van der Waals surface area contributed by atoms with Gasteiger partial charge < -0.3 is 10.4 Å². The summed E-state index contributed by atoms with van der Waals surface area (Å²) in [5, 5.41) is 15.1. The Morgan fingerprint density at radius 3 is 2.86 bits per heavy atom. The van der Waals surface area contributed by atoms with Crippen LogP contribution >= 0.6 is 0 Å². The zero-order chi connectivity index (χ0) is 15.0. The van der Waals surface area contributed by atoms with Gasteiger partial charge in [-0.1, -0.05) is 37.8 Å². The van der Waals surface area contributed by atoms with Gasteiger partial charge in [-0.2, -0.15) is 0 Å². The molecule has 1 unspecified atom stereocenters. The molecule has 1 aromatic carbocycles. The molecule has 1 aromatic rings. The average Bonchev–Trinajstić information content (AvgIpc) is 2.89. The molecule has 1 saturated heterocycles. The Labute approximate surface area is 126 Å². The zero-order valence-electron chi connectivity index (χ0n) is 12.8. The van der Waals surface area contributed by atoms with E-state index in [9.17, 15) is 5.11 Å². The second-order valence-electron chi connectivity index (χ2n) is 7.08. The summed E-state index contributed by atoms with van der Waals surface area (Å²) >= 11 is 0. The lowest BCUT2D eigenvalue weighted by atomic mass is 9.67. The summed E-state index contributed by atoms with van der Waals surface area (Å²) in [6, 6.07) is 8.69. The number of anilines is 1. The Bertz CT molecular complexity index is 669. The van der Waals surface area contributed by atoms with Crippen LogP contribution in [-0.2, 0) is 5.41 Å². The van der Waals surface area contributed by atoms with Gasteiger partial charge in [-0.25, -0.2) is 4.58 Å². The molecule has 3 nitrogen and oxygen atoms in total. The Kier molecular flexibility index (Phi) is 2.23. The summed E-state index contributed by atoms with van der Waals surface area (Å²) in [6.45, 7) is 13.4. The van der Waals surface area contributed by atoms with E-state index in [0.717, 1.165) is 13.0 Å². The molecule has 5 atom stereocenters.